The first-order valence-corrected chi connectivity index (χ1v) is 8.91. The zero-order valence-corrected chi connectivity index (χ0v) is 14.5. The highest BCUT2D eigenvalue weighted by molar-refractivity contribution is 6.01. The van der Waals surface area contributed by atoms with Crippen molar-refractivity contribution in [2.45, 2.75) is 58.1 Å². The highest BCUT2D eigenvalue weighted by Gasteiger charge is 2.37. The second kappa shape index (κ2) is 7.24. The highest BCUT2D eigenvalue weighted by atomic mass is 16.5. The van der Waals surface area contributed by atoms with Gasteiger partial charge in [-0.05, 0) is 38.8 Å². The number of ether oxygens (including phenoxy) is 1. The fourth-order valence-corrected chi connectivity index (χ4v) is 3.54. The molecule has 130 valence electrons. The van der Waals surface area contributed by atoms with Crippen LogP contribution in [0.4, 0.5) is 5.69 Å². The van der Waals surface area contributed by atoms with E-state index in [-0.39, 0.29) is 30.3 Å². The third-order valence-corrected chi connectivity index (χ3v) is 4.72. The van der Waals surface area contributed by atoms with Gasteiger partial charge in [-0.15, -0.1) is 0 Å². The second-order valence-corrected chi connectivity index (χ2v) is 7.03. The minimum atomic E-state index is -0.273. The van der Waals surface area contributed by atoms with Crippen molar-refractivity contribution in [3.63, 3.8) is 0 Å². The van der Waals surface area contributed by atoms with Crippen molar-refractivity contribution in [1.29, 1.82) is 0 Å². The van der Waals surface area contributed by atoms with Crippen LogP contribution in [-0.2, 0) is 9.59 Å². The van der Waals surface area contributed by atoms with Crippen LogP contribution in [0, 0.1) is 5.92 Å². The number of rotatable bonds is 5. The number of hydrogen-bond acceptors (Lipinski definition) is 3. The van der Waals surface area contributed by atoms with E-state index in [1.54, 1.807) is 4.90 Å². The molecule has 5 nitrogen and oxygen atoms in total. The number of carbonyl (C=O) groups excluding carboxylic acids is 2. The molecular weight excluding hydrogens is 304 g/mol. The molecule has 1 atom stereocenters. The number of nitrogens with one attached hydrogen (secondary N) is 1. The molecule has 0 radical (unpaired) electrons. The molecule has 3 rings (SSSR count). The molecule has 1 saturated carbocycles. The molecule has 2 aliphatic rings. The summed E-state index contributed by atoms with van der Waals surface area (Å²) in [7, 11) is 0. The Bertz CT molecular complexity index is 608. The molecular formula is C19H26N2O3. The standard InChI is InChI=1S/C19H26N2O3/c1-13(2)24-17-10-6-5-9-16(17)21-12-14(11-18(21)22)19(23)20-15-7-3-4-8-15/h5-6,9-10,13-15H,3-4,7-8,11-12H2,1-2H3,(H,20,23). The fourth-order valence-electron chi connectivity index (χ4n) is 3.54. The minimum Gasteiger partial charge on any atom is -0.489 e. The lowest BCUT2D eigenvalue weighted by Crippen LogP contribution is -2.38. The summed E-state index contributed by atoms with van der Waals surface area (Å²) in [5.74, 6) is 0.421. The van der Waals surface area contributed by atoms with Crippen LogP contribution in [-0.4, -0.2) is 30.5 Å². The molecule has 1 aliphatic heterocycles. The number of anilines is 1. The summed E-state index contributed by atoms with van der Waals surface area (Å²) in [6.07, 6.45) is 4.78. The van der Waals surface area contributed by atoms with Crippen molar-refractivity contribution in [3.05, 3.63) is 24.3 Å². The number of para-hydroxylation sites is 2. The lowest BCUT2D eigenvalue weighted by atomic mass is 10.1. The van der Waals surface area contributed by atoms with Crippen molar-refractivity contribution in [1.82, 2.24) is 5.32 Å². The van der Waals surface area contributed by atoms with Gasteiger partial charge in [-0.3, -0.25) is 9.59 Å². The van der Waals surface area contributed by atoms with Crippen LogP contribution < -0.4 is 15.0 Å². The van der Waals surface area contributed by atoms with Gasteiger partial charge in [0.15, 0.2) is 0 Å². The molecule has 1 unspecified atom stereocenters. The molecule has 24 heavy (non-hydrogen) atoms. The van der Waals surface area contributed by atoms with Crippen LogP contribution >= 0.6 is 0 Å². The first kappa shape index (κ1) is 16.8. The van der Waals surface area contributed by atoms with Crippen LogP contribution in [0.1, 0.15) is 46.0 Å². The van der Waals surface area contributed by atoms with Crippen LogP contribution in [0.3, 0.4) is 0 Å². The molecule has 2 fully saturated rings. The Morgan fingerprint density at radius 2 is 1.96 bits per heavy atom. The lowest BCUT2D eigenvalue weighted by molar-refractivity contribution is -0.126. The SMILES string of the molecule is CC(C)Oc1ccccc1N1CC(C(=O)NC2CCCC2)CC1=O. The minimum absolute atomic E-state index is 0.0126. The maximum absolute atomic E-state index is 12.5. The Balaban J connectivity index is 1.69. The topological polar surface area (TPSA) is 58.6 Å². The molecule has 0 spiro atoms. The van der Waals surface area contributed by atoms with E-state index in [9.17, 15) is 9.59 Å². The number of carbonyl (C=O) groups is 2. The quantitative estimate of drug-likeness (QED) is 0.903. The van der Waals surface area contributed by atoms with Gasteiger partial charge in [0.05, 0.1) is 17.7 Å². The van der Waals surface area contributed by atoms with Gasteiger partial charge in [0.2, 0.25) is 11.8 Å². The predicted octanol–water partition coefficient (Wildman–Crippen LogP) is 2.89. The molecule has 1 aromatic carbocycles. The Morgan fingerprint density at radius 3 is 2.67 bits per heavy atom. The van der Waals surface area contributed by atoms with Gasteiger partial charge < -0.3 is 15.0 Å². The van der Waals surface area contributed by atoms with E-state index < -0.39 is 0 Å². The summed E-state index contributed by atoms with van der Waals surface area (Å²) in [5, 5.41) is 3.11. The van der Waals surface area contributed by atoms with Gasteiger partial charge in [0.25, 0.3) is 0 Å². The number of hydrogen-bond donors (Lipinski definition) is 1. The van der Waals surface area contributed by atoms with E-state index >= 15 is 0 Å². The van der Waals surface area contributed by atoms with E-state index in [4.69, 9.17) is 4.74 Å². The normalized spacial score (nSPS) is 21.5. The smallest absolute Gasteiger partial charge is 0.227 e. The Labute approximate surface area is 143 Å². The molecule has 1 saturated heterocycles. The summed E-state index contributed by atoms with van der Waals surface area (Å²) in [6.45, 7) is 4.34. The van der Waals surface area contributed by atoms with Crippen molar-refractivity contribution >= 4 is 17.5 Å². The predicted molar refractivity (Wildman–Crippen MR) is 93.1 cm³/mol. The van der Waals surface area contributed by atoms with E-state index in [0.717, 1.165) is 18.5 Å². The molecule has 2 amide bonds. The first-order chi connectivity index (χ1) is 11.5. The van der Waals surface area contributed by atoms with Gasteiger partial charge in [-0.1, -0.05) is 25.0 Å². The van der Waals surface area contributed by atoms with Crippen molar-refractivity contribution in [2.24, 2.45) is 5.92 Å². The van der Waals surface area contributed by atoms with E-state index in [0.29, 0.717) is 18.3 Å². The van der Waals surface area contributed by atoms with Crippen LogP contribution in [0.25, 0.3) is 0 Å². The molecule has 1 aliphatic carbocycles. The van der Waals surface area contributed by atoms with E-state index in [1.165, 1.54) is 12.8 Å². The summed E-state index contributed by atoms with van der Waals surface area (Å²) < 4.78 is 5.81. The van der Waals surface area contributed by atoms with Gasteiger partial charge in [0, 0.05) is 19.0 Å². The average Bonchev–Trinajstić information content (AvgIpc) is 3.17. The molecule has 5 heteroatoms. The Hall–Kier alpha value is -2.04. The molecule has 0 aromatic heterocycles. The van der Waals surface area contributed by atoms with E-state index in [2.05, 4.69) is 5.32 Å². The van der Waals surface area contributed by atoms with Crippen LogP contribution in [0.5, 0.6) is 5.75 Å². The fraction of sp³-hybridized carbons (Fsp3) is 0.579. The monoisotopic (exact) mass is 330 g/mol. The zero-order chi connectivity index (χ0) is 17.1. The molecule has 0 bridgehead atoms. The number of nitrogens with zero attached hydrogens (tertiary/aromatic N) is 1. The second-order valence-electron chi connectivity index (χ2n) is 7.03. The van der Waals surface area contributed by atoms with Gasteiger partial charge in [0.1, 0.15) is 5.75 Å². The third kappa shape index (κ3) is 3.71. The average molecular weight is 330 g/mol. The largest absolute Gasteiger partial charge is 0.489 e. The van der Waals surface area contributed by atoms with Crippen LogP contribution in [0.2, 0.25) is 0 Å². The lowest BCUT2D eigenvalue weighted by Gasteiger charge is -2.22. The third-order valence-electron chi connectivity index (χ3n) is 4.72. The van der Waals surface area contributed by atoms with Gasteiger partial charge in [-0.25, -0.2) is 0 Å². The van der Waals surface area contributed by atoms with Crippen LogP contribution in [0.15, 0.2) is 24.3 Å². The zero-order valence-electron chi connectivity index (χ0n) is 14.5. The molecule has 1 N–H and O–H groups in total. The Kier molecular flexibility index (Phi) is 5.07. The summed E-state index contributed by atoms with van der Waals surface area (Å²) in [4.78, 5) is 26.6. The van der Waals surface area contributed by atoms with Gasteiger partial charge >= 0.3 is 0 Å². The maximum Gasteiger partial charge on any atom is 0.227 e. The number of benzene rings is 1. The summed E-state index contributed by atoms with van der Waals surface area (Å²) >= 11 is 0. The molecule has 1 heterocycles. The highest BCUT2D eigenvalue weighted by Crippen LogP contribution is 2.33. The van der Waals surface area contributed by atoms with Crippen molar-refractivity contribution in [3.8, 4) is 5.75 Å². The van der Waals surface area contributed by atoms with Crippen molar-refractivity contribution in [2.75, 3.05) is 11.4 Å². The Morgan fingerprint density at radius 1 is 1.25 bits per heavy atom. The van der Waals surface area contributed by atoms with Gasteiger partial charge in [-0.2, -0.15) is 0 Å². The maximum atomic E-state index is 12.5. The number of amides is 2. The van der Waals surface area contributed by atoms with E-state index in [1.807, 2.05) is 38.1 Å². The molecule has 1 aromatic rings. The first-order valence-electron chi connectivity index (χ1n) is 8.91. The summed E-state index contributed by atoms with van der Waals surface area (Å²) in [6, 6.07) is 7.83. The van der Waals surface area contributed by atoms with Crippen molar-refractivity contribution < 1.29 is 14.3 Å². The summed E-state index contributed by atoms with van der Waals surface area (Å²) in [5.41, 5.74) is 0.757.